The number of amides is 2. The lowest BCUT2D eigenvalue weighted by Gasteiger charge is -2.56. The fourth-order valence-electron chi connectivity index (χ4n) is 13.2. The smallest absolute Gasteiger partial charge is 0.256 e. The third-order valence-electron chi connectivity index (χ3n) is 18.8. The zero-order valence-corrected chi connectivity index (χ0v) is 55.0. The summed E-state index contributed by atoms with van der Waals surface area (Å²) in [5.41, 5.74) is 6.60. The number of hydrogen-bond acceptors (Lipinski definition) is 8. The van der Waals surface area contributed by atoms with Crippen LogP contribution in [-0.4, -0.2) is 82.5 Å². The first-order valence-corrected chi connectivity index (χ1v) is 31.9. The molecule has 10 heteroatoms. The molecular formula is C78H96N6O4. The summed E-state index contributed by atoms with van der Waals surface area (Å²) >= 11 is 0. The number of benzene rings is 5. The van der Waals surface area contributed by atoms with E-state index < -0.39 is 10.8 Å². The maximum Gasteiger partial charge on any atom is 0.256 e. The van der Waals surface area contributed by atoms with Gasteiger partial charge in [0.2, 0.25) is 0 Å². The van der Waals surface area contributed by atoms with E-state index in [4.69, 9.17) is 0 Å². The Morgan fingerprint density at radius 3 is 1.34 bits per heavy atom. The van der Waals surface area contributed by atoms with Gasteiger partial charge in [-0.2, -0.15) is 0 Å². The van der Waals surface area contributed by atoms with Gasteiger partial charge in [0.1, 0.15) is 0 Å². The van der Waals surface area contributed by atoms with E-state index in [1.807, 2.05) is 137 Å². The minimum atomic E-state index is -0.543. The Morgan fingerprint density at radius 2 is 0.864 bits per heavy atom. The molecule has 2 amide bonds. The first-order valence-electron chi connectivity index (χ1n) is 31.9. The zero-order chi connectivity index (χ0) is 63.4. The Morgan fingerprint density at radius 1 is 0.455 bits per heavy atom. The van der Waals surface area contributed by atoms with Crippen molar-refractivity contribution < 1.29 is 19.2 Å². The van der Waals surface area contributed by atoms with E-state index in [1.54, 1.807) is 12.2 Å². The number of carbonyl (C=O) groups is 4. The van der Waals surface area contributed by atoms with Gasteiger partial charge in [-0.05, 0) is 174 Å². The molecule has 5 aromatic carbocycles. The standard InChI is InChI=1S/C78H96N6O4/c1-73(2,3)80-50-46-76(9,10)65(54-80)71(87)81(60-31-21-16-22-32-60)47-27-28-48-82(61-33-23-17-24-34-61)72(88)66-56-84(74(4,5)6)68(52-78(66,13)14)67-51-77(11,12)64(55-83(67)62-35-25-18-26-36-62)70(86)44-42-58-39-37-57(38-40-58)41-43-69(85)63-53-79(49-45-75(63,7)8)59-29-19-15-20-30-59/h15-26,29-44,53-56,67-68H,27-28,45-52H2,1-14H3/b43-41+,44-42+. The van der Waals surface area contributed by atoms with Crippen LogP contribution in [0.3, 0.4) is 0 Å². The first kappa shape index (κ1) is 64.5. The molecule has 5 aromatic rings. The lowest BCUT2D eigenvalue weighted by atomic mass is 9.67. The Balaban J connectivity index is 0.939. The highest BCUT2D eigenvalue weighted by Gasteiger charge is 2.50. The number of nitrogens with zero attached hydrogens (tertiary/aromatic N) is 6. The molecule has 0 aromatic heterocycles. The molecule has 0 saturated heterocycles. The van der Waals surface area contributed by atoms with Crippen LogP contribution in [0.2, 0.25) is 0 Å². The Kier molecular flexibility index (Phi) is 19.1. The highest BCUT2D eigenvalue weighted by molar-refractivity contribution is 6.09. The lowest BCUT2D eigenvalue weighted by molar-refractivity contribution is -0.117. The van der Waals surface area contributed by atoms with Crippen molar-refractivity contribution in [2.24, 2.45) is 21.7 Å². The molecule has 88 heavy (non-hydrogen) atoms. The molecular weight excluding hydrogens is 1080 g/mol. The third-order valence-corrected chi connectivity index (χ3v) is 18.8. The maximum atomic E-state index is 15.7. The van der Waals surface area contributed by atoms with Crippen LogP contribution in [0.1, 0.15) is 147 Å². The molecule has 0 saturated carbocycles. The van der Waals surface area contributed by atoms with Crippen LogP contribution >= 0.6 is 0 Å². The van der Waals surface area contributed by atoms with Gasteiger partial charge in [-0.25, -0.2) is 0 Å². The Hall–Kier alpha value is -7.98. The second kappa shape index (κ2) is 26.0. The molecule has 4 heterocycles. The van der Waals surface area contributed by atoms with Gasteiger partial charge in [0.25, 0.3) is 11.8 Å². The minimum absolute atomic E-state index is 0.00159. The summed E-state index contributed by atoms with van der Waals surface area (Å²) in [6.45, 7) is 33.5. The molecule has 2 atom stereocenters. The van der Waals surface area contributed by atoms with Gasteiger partial charge in [-0.3, -0.25) is 19.2 Å². The summed E-state index contributed by atoms with van der Waals surface area (Å²) in [6, 6.07) is 48.4. The molecule has 0 bridgehead atoms. The van der Waals surface area contributed by atoms with Gasteiger partial charge in [-0.1, -0.05) is 165 Å². The quantitative estimate of drug-likeness (QED) is 0.0633. The van der Waals surface area contributed by atoms with E-state index >= 15 is 4.79 Å². The summed E-state index contributed by atoms with van der Waals surface area (Å²) in [5.74, 6) is -0.0357. The number of hydrogen-bond donors (Lipinski definition) is 0. The molecule has 462 valence electrons. The highest BCUT2D eigenvalue weighted by Crippen LogP contribution is 2.49. The number of para-hydroxylation sites is 4. The number of ketones is 2. The second-order valence-electron chi connectivity index (χ2n) is 29.3. The van der Waals surface area contributed by atoms with Crippen molar-refractivity contribution in [3.63, 3.8) is 0 Å². The van der Waals surface area contributed by atoms with Crippen LogP contribution in [0.5, 0.6) is 0 Å². The van der Waals surface area contributed by atoms with Crippen LogP contribution < -0.4 is 19.6 Å². The predicted molar refractivity (Wildman–Crippen MR) is 366 cm³/mol. The fourth-order valence-corrected chi connectivity index (χ4v) is 13.2. The summed E-state index contributed by atoms with van der Waals surface area (Å²) in [4.78, 5) is 72.0. The molecule has 0 spiro atoms. The summed E-state index contributed by atoms with van der Waals surface area (Å²) in [7, 11) is 0. The first-order chi connectivity index (χ1) is 41.5. The van der Waals surface area contributed by atoms with Gasteiger partial charge in [0.05, 0.1) is 12.1 Å². The van der Waals surface area contributed by atoms with E-state index in [0.717, 1.165) is 82.1 Å². The van der Waals surface area contributed by atoms with Crippen LogP contribution in [0.25, 0.3) is 12.2 Å². The van der Waals surface area contributed by atoms with Gasteiger partial charge < -0.3 is 29.4 Å². The number of anilines is 4. The lowest BCUT2D eigenvalue weighted by Crippen LogP contribution is -2.61. The van der Waals surface area contributed by atoms with Gasteiger partial charge >= 0.3 is 0 Å². The van der Waals surface area contributed by atoms with Crippen molar-refractivity contribution >= 4 is 58.3 Å². The topological polar surface area (TPSA) is 87.7 Å². The van der Waals surface area contributed by atoms with Crippen LogP contribution in [0, 0.1) is 21.7 Å². The number of rotatable bonds is 18. The number of allylic oxidation sites excluding steroid dienone is 4. The van der Waals surface area contributed by atoms with Crippen molar-refractivity contribution in [1.82, 2.24) is 9.80 Å². The van der Waals surface area contributed by atoms with E-state index in [0.29, 0.717) is 38.8 Å². The SMILES string of the molecule is CC1(C)CCN(c2ccccc2)C=C1C(=O)/C=C/c1ccc(/C=C/C(=O)C2=CN(c3ccccc3)C(C3CC(C)(C)C(C(=O)N(CCCCN(C(=O)C4=CN(C(C)(C)C)CCC4(C)C)c4ccccc4)c4ccccc4)=CN3C(C)(C)C)CC2(C)C)cc1. The van der Waals surface area contributed by atoms with Gasteiger partial charge in [0.15, 0.2) is 11.6 Å². The summed E-state index contributed by atoms with van der Waals surface area (Å²) < 4.78 is 0. The van der Waals surface area contributed by atoms with Crippen molar-refractivity contribution in [2.75, 3.05) is 45.8 Å². The second-order valence-corrected chi connectivity index (χ2v) is 29.3. The van der Waals surface area contributed by atoms with Crippen LogP contribution in [-0.2, 0) is 19.2 Å². The average molecular weight is 1180 g/mol. The molecule has 9 rings (SSSR count). The van der Waals surface area contributed by atoms with Crippen molar-refractivity contribution in [1.29, 1.82) is 0 Å². The third kappa shape index (κ3) is 14.8. The average Bonchev–Trinajstić information content (AvgIpc) is 0.786. The van der Waals surface area contributed by atoms with Crippen LogP contribution in [0.4, 0.5) is 22.7 Å². The molecule has 2 unspecified atom stereocenters. The predicted octanol–water partition coefficient (Wildman–Crippen LogP) is 16.9. The Labute approximate surface area is 526 Å². The number of carbonyl (C=O) groups excluding carboxylic acids is 4. The van der Waals surface area contributed by atoms with Crippen molar-refractivity contribution in [3.05, 3.63) is 216 Å². The van der Waals surface area contributed by atoms with Crippen molar-refractivity contribution in [3.8, 4) is 0 Å². The monoisotopic (exact) mass is 1180 g/mol. The minimum Gasteiger partial charge on any atom is -0.372 e. The normalized spacial score (nSPS) is 20.0. The van der Waals surface area contributed by atoms with Gasteiger partial charge in [-0.15, -0.1) is 0 Å². The van der Waals surface area contributed by atoms with E-state index in [-0.39, 0.29) is 57.4 Å². The molecule has 4 aliphatic rings. The molecule has 4 aliphatic heterocycles. The van der Waals surface area contributed by atoms with E-state index in [9.17, 15) is 14.4 Å². The van der Waals surface area contributed by atoms with Crippen molar-refractivity contribution in [2.45, 2.75) is 159 Å². The number of unbranched alkanes of at least 4 members (excludes halogenated alkanes) is 1. The maximum absolute atomic E-state index is 15.7. The Bertz CT molecular complexity index is 3480. The molecule has 0 N–H and O–H groups in total. The highest BCUT2D eigenvalue weighted by atomic mass is 16.2. The van der Waals surface area contributed by atoms with Crippen LogP contribution in [0.15, 0.2) is 205 Å². The zero-order valence-electron chi connectivity index (χ0n) is 55.0. The molecule has 10 nitrogen and oxygen atoms in total. The molecule has 0 fully saturated rings. The summed E-state index contributed by atoms with van der Waals surface area (Å²) in [6.07, 6.45) is 20.0. The van der Waals surface area contributed by atoms with E-state index in [1.165, 1.54) is 0 Å². The van der Waals surface area contributed by atoms with Gasteiger partial charge in [0, 0.05) is 107 Å². The summed E-state index contributed by atoms with van der Waals surface area (Å²) in [5, 5.41) is 0. The van der Waals surface area contributed by atoms with E-state index in [2.05, 4.69) is 172 Å². The molecule has 0 aliphatic carbocycles. The largest absolute Gasteiger partial charge is 0.372 e. The molecule has 0 radical (unpaired) electrons. The fraction of sp³-hybridized carbons (Fsp3) is 0.410.